The topological polar surface area (TPSA) is 91.6 Å². The van der Waals surface area contributed by atoms with Crippen molar-refractivity contribution >= 4 is 11.8 Å². The van der Waals surface area contributed by atoms with Gasteiger partial charge in [-0.2, -0.15) is 0 Å². The van der Waals surface area contributed by atoms with Crippen molar-refractivity contribution in [3.05, 3.63) is 11.6 Å². The van der Waals surface area contributed by atoms with Crippen LogP contribution in [0.2, 0.25) is 0 Å². The van der Waals surface area contributed by atoms with Crippen LogP contribution in [0.25, 0.3) is 0 Å². The Hall–Kier alpha value is -1.96. The largest absolute Gasteiger partial charge is 0.391 e. The molecule has 142 valence electrons. The van der Waals surface area contributed by atoms with Crippen molar-refractivity contribution in [1.82, 2.24) is 24.6 Å². The lowest BCUT2D eigenvalue weighted by Crippen LogP contribution is -2.44. The van der Waals surface area contributed by atoms with Gasteiger partial charge in [0, 0.05) is 37.9 Å². The van der Waals surface area contributed by atoms with Crippen LogP contribution in [0.4, 0.5) is 0 Å². The van der Waals surface area contributed by atoms with Crippen molar-refractivity contribution in [2.24, 2.45) is 11.8 Å². The van der Waals surface area contributed by atoms with Gasteiger partial charge in [0.15, 0.2) is 11.6 Å². The van der Waals surface area contributed by atoms with Crippen molar-refractivity contribution in [3.8, 4) is 0 Å². The number of fused-ring (bicyclic) bond motifs is 1. The van der Waals surface area contributed by atoms with Gasteiger partial charge in [0.1, 0.15) is 0 Å². The Labute approximate surface area is 153 Å². The van der Waals surface area contributed by atoms with Gasteiger partial charge in [0.2, 0.25) is 11.8 Å². The SMILES string of the molecule is CC(C)C(=O)N1C[C@H](O)C[C@H]1c1nnc2n1CCN(C(=O)C1CCC1)C2. The lowest BCUT2D eigenvalue weighted by atomic mass is 9.84. The zero-order valence-electron chi connectivity index (χ0n) is 15.5. The number of hydrogen-bond acceptors (Lipinski definition) is 5. The van der Waals surface area contributed by atoms with Crippen LogP contribution >= 0.6 is 0 Å². The van der Waals surface area contributed by atoms with E-state index in [2.05, 4.69) is 10.2 Å². The van der Waals surface area contributed by atoms with E-state index in [0.29, 0.717) is 32.6 Å². The molecule has 1 N–H and O–H groups in total. The third-order valence-corrected chi connectivity index (χ3v) is 5.90. The number of carbonyl (C=O) groups is 2. The number of aliphatic hydroxyl groups excluding tert-OH is 1. The van der Waals surface area contributed by atoms with Crippen LogP contribution in [0.3, 0.4) is 0 Å². The second kappa shape index (κ2) is 6.64. The van der Waals surface area contributed by atoms with Gasteiger partial charge in [-0.25, -0.2) is 0 Å². The number of amides is 2. The molecule has 1 aromatic heterocycles. The maximum Gasteiger partial charge on any atom is 0.226 e. The number of rotatable bonds is 3. The zero-order chi connectivity index (χ0) is 18.4. The summed E-state index contributed by atoms with van der Waals surface area (Å²) in [6.45, 7) is 5.86. The van der Waals surface area contributed by atoms with Gasteiger partial charge in [-0.05, 0) is 12.8 Å². The zero-order valence-corrected chi connectivity index (χ0v) is 15.5. The van der Waals surface area contributed by atoms with Crippen LogP contribution in [0.1, 0.15) is 57.2 Å². The van der Waals surface area contributed by atoms with E-state index in [-0.39, 0.29) is 29.7 Å². The highest BCUT2D eigenvalue weighted by Gasteiger charge is 2.40. The predicted octanol–water partition coefficient (Wildman–Crippen LogP) is 0.711. The summed E-state index contributed by atoms with van der Waals surface area (Å²) in [6, 6.07) is -0.241. The molecule has 1 saturated heterocycles. The van der Waals surface area contributed by atoms with E-state index in [9.17, 15) is 14.7 Å². The molecule has 3 aliphatic rings. The third kappa shape index (κ3) is 2.90. The van der Waals surface area contributed by atoms with Crippen LogP contribution < -0.4 is 0 Å². The molecule has 0 radical (unpaired) electrons. The fourth-order valence-corrected chi connectivity index (χ4v) is 4.16. The molecular formula is C18H27N5O3. The highest BCUT2D eigenvalue weighted by molar-refractivity contribution is 5.80. The Morgan fingerprint density at radius 2 is 1.96 bits per heavy atom. The van der Waals surface area contributed by atoms with Crippen molar-refractivity contribution in [2.75, 3.05) is 13.1 Å². The highest BCUT2D eigenvalue weighted by Crippen LogP contribution is 2.34. The standard InChI is InChI=1S/C18H27N5O3/c1-11(2)17(25)23-9-13(24)8-14(23)16-20-19-15-10-21(6-7-22(15)16)18(26)12-4-3-5-12/h11-14,24H,3-10H2,1-2H3/t13-,14+/m1/s1. The quantitative estimate of drug-likeness (QED) is 0.856. The Bertz CT molecular complexity index is 712. The molecule has 0 spiro atoms. The van der Waals surface area contributed by atoms with E-state index in [0.717, 1.165) is 30.9 Å². The average Bonchev–Trinajstić information content (AvgIpc) is 3.14. The Balaban J connectivity index is 1.54. The average molecular weight is 361 g/mol. The molecule has 2 fully saturated rings. The molecule has 2 atom stereocenters. The van der Waals surface area contributed by atoms with Gasteiger partial charge in [-0.15, -0.1) is 10.2 Å². The molecule has 1 aliphatic carbocycles. The maximum absolute atomic E-state index is 12.5. The number of hydrogen-bond donors (Lipinski definition) is 1. The molecule has 4 rings (SSSR count). The number of aromatic nitrogens is 3. The number of likely N-dealkylation sites (tertiary alicyclic amines) is 1. The number of β-amino-alcohol motifs (C(OH)–C–C–N with tert-alkyl or cyclic N) is 1. The van der Waals surface area contributed by atoms with Crippen LogP contribution in [0.15, 0.2) is 0 Å². The molecule has 0 unspecified atom stereocenters. The second-order valence-electron chi connectivity index (χ2n) is 8.06. The van der Waals surface area contributed by atoms with Crippen LogP contribution in [0, 0.1) is 11.8 Å². The normalized spacial score (nSPS) is 26.2. The fraction of sp³-hybridized carbons (Fsp3) is 0.778. The Morgan fingerprint density at radius 3 is 2.62 bits per heavy atom. The number of aliphatic hydroxyl groups is 1. The monoisotopic (exact) mass is 361 g/mol. The van der Waals surface area contributed by atoms with E-state index >= 15 is 0 Å². The van der Waals surface area contributed by atoms with E-state index < -0.39 is 6.10 Å². The molecule has 8 nitrogen and oxygen atoms in total. The Morgan fingerprint density at radius 1 is 1.19 bits per heavy atom. The summed E-state index contributed by atoms with van der Waals surface area (Å²) in [5.41, 5.74) is 0. The lowest BCUT2D eigenvalue weighted by molar-refractivity contribution is -0.139. The van der Waals surface area contributed by atoms with Gasteiger partial charge >= 0.3 is 0 Å². The first kappa shape index (κ1) is 17.5. The number of carbonyl (C=O) groups excluding carboxylic acids is 2. The van der Waals surface area contributed by atoms with Crippen LogP contribution in [-0.2, 0) is 22.7 Å². The van der Waals surface area contributed by atoms with Crippen molar-refractivity contribution < 1.29 is 14.7 Å². The van der Waals surface area contributed by atoms with Crippen molar-refractivity contribution in [3.63, 3.8) is 0 Å². The van der Waals surface area contributed by atoms with Gasteiger partial charge in [-0.1, -0.05) is 20.3 Å². The minimum atomic E-state index is -0.532. The summed E-state index contributed by atoms with van der Waals surface area (Å²) in [6.07, 6.45) is 3.10. The molecule has 2 aliphatic heterocycles. The molecule has 8 heteroatoms. The molecular weight excluding hydrogens is 334 g/mol. The molecule has 2 amide bonds. The molecule has 1 aromatic rings. The first-order valence-corrected chi connectivity index (χ1v) is 9.65. The maximum atomic E-state index is 12.5. The fourth-order valence-electron chi connectivity index (χ4n) is 4.16. The summed E-state index contributed by atoms with van der Waals surface area (Å²) < 4.78 is 2.04. The van der Waals surface area contributed by atoms with Crippen molar-refractivity contribution in [2.45, 2.75) is 64.8 Å². The Kier molecular flexibility index (Phi) is 4.46. The molecule has 0 aromatic carbocycles. The van der Waals surface area contributed by atoms with Gasteiger partial charge < -0.3 is 19.5 Å². The molecule has 3 heterocycles. The van der Waals surface area contributed by atoms with Crippen LogP contribution in [0.5, 0.6) is 0 Å². The molecule has 26 heavy (non-hydrogen) atoms. The molecule has 1 saturated carbocycles. The first-order chi connectivity index (χ1) is 12.5. The van der Waals surface area contributed by atoms with E-state index in [1.807, 2.05) is 23.3 Å². The summed E-state index contributed by atoms with van der Waals surface area (Å²) in [4.78, 5) is 28.6. The summed E-state index contributed by atoms with van der Waals surface area (Å²) >= 11 is 0. The summed E-state index contributed by atoms with van der Waals surface area (Å²) in [5.74, 6) is 1.84. The molecule has 0 bridgehead atoms. The third-order valence-electron chi connectivity index (χ3n) is 5.90. The minimum absolute atomic E-state index is 0.0292. The lowest BCUT2D eigenvalue weighted by Gasteiger charge is -2.34. The van der Waals surface area contributed by atoms with Gasteiger partial charge in [0.05, 0.1) is 18.7 Å². The van der Waals surface area contributed by atoms with E-state index in [1.54, 1.807) is 4.90 Å². The van der Waals surface area contributed by atoms with Crippen molar-refractivity contribution in [1.29, 1.82) is 0 Å². The predicted molar refractivity (Wildman–Crippen MR) is 92.7 cm³/mol. The van der Waals surface area contributed by atoms with Gasteiger partial charge in [-0.3, -0.25) is 9.59 Å². The highest BCUT2D eigenvalue weighted by atomic mass is 16.3. The van der Waals surface area contributed by atoms with E-state index in [4.69, 9.17) is 0 Å². The number of nitrogens with zero attached hydrogens (tertiary/aromatic N) is 5. The van der Waals surface area contributed by atoms with Gasteiger partial charge in [0.25, 0.3) is 0 Å². The smallest absolute Gasteiger partial charge is 0.226 e. The first-order valence-electron chi connectivity index (χ1n) is 9.65. The second-order valence-corrected chi connectivity index (χ2v) is 8.06. The van der Waals surface area contributed by atoms with Crippen LogP contribution in [-0.4, -0.2) is 60.7 Å². The summed E-state index contributed by atoms with van der Waals surface area (Å²) in [5, 5.41) is 18.8. The summed E-state index contributed by atoms with van der Waals surface area (Å²) in [7, 11) is 0. The van der Waals surface area contributed by atoms with E-state index in [1.165, 1.54) is 0 Å². The minimum Gasteiger partial charge on any atom is -0.391 e.